The molecule has 0 aliphatic carbocycles. The van der Waals surface area contributed by atoms with Crippen molar-refractivity contribution in [2.75, 3.05) is 20.3 Å². The van der Waals surface area contributed by atoms with E-state index >= 15 is 0 Å². The van der Waals surface area contributed by atoms with Crippen molar-refractivity contribution in [2.24, 2.45) is 17.6 Å². The second-order valence-corrected chi connectivity index (χ2v) is 6.20. The monoisotopic (exact) mass is 307 g/mol. The lowest BCUT2D eigenvalue weighted by atomic mass is 9.97. The number of ether oxygens (including phenoxy) is 2. The van der Waals surface area contributed by atoms with Gasteiger partial charge in [-0.05, 0) is 48.9 Å². The van der Waals surface area contributed by atoms with Crippen molar-refractivity contribution in [3.8, 4) is 5.75 Å². The summed E-state index contributed by atoms with van der Waals surface area (Å²) in [6.07, 6.45) is 4.93. The minimum absolute atomic E-state index is 0.0237. The lowest BCUT2D eigenvalue weighted by Crippen LogP contribution is -2.20. The molecule has 0 aliphatic heterocycles. The number of methoxy groups -OCH3 is 1. The van der Waals surface area contributed by atoms with Crippen molar-refractivity contribution in [2.45, 2.75) is 52.6 Å². The third-order valence-corrected chi connectivity index (χ3v) is 4.21. The van der Waals surface area contributed by atoms with Gasteiger partial charge in [-0.1, -0.05) is 45.7 Å². The van der Waals surface area contributed by atoms with Crippen molar-refractivity contribution in [3.05, 3.63) is 29.8 Å². The zero-order valence-electron chi connectivity index (χ0n) is 14.7. The van der Waals surface area contributed by atoms with Gasteiger partial charge in [0.1, 0.15) is 5.75 Å². The average Bonchev–Trinajstić information content (AvgIpc) is 2.54. The van der Waals surface area contributed by atoms with Crippen LogP contribution in [0.4, 0.5) is 0 Å². The first-order valence-corrected chi connectivity index (χ1v) is 8.61. The van der Waals surface area contributed by atoms with Crippen molar-refractivity contribution >= 4 is 0 Å². The fourth-order valence-electron chi connectivity index (χ4n) is 2.94. The Morgan fingerprint density at radius 3 is 2.36 bits per heavy atom. The van der Waals surface area contributed by atoms with Crippen LogP contribution in [0, 0.1) is 11.8 Å². The van der Waals surface area contributed by atoms with Crippen LogP contribution in [-0.4, -0.2) is 20.3 Å². The van der Waals surface area contributed by atoms with Gasteiger partial charge in [-0.25, -0.2) is 0 Å². The molecule has 0 bridgehead atoms. The number of nitrogens with two attached hydrogens (primary N) is 1. The Hall–Kier alpha value is -1.06. The van der Waals surface area contributed by atoms with E-state index in [2.05, 4.69) is 32.9 Å². The van der Waals surface area contributed by atoms with Crippen LogP contribution in [0.1, 0.15) is 58.1 Å². The van der Waals surface area contributed by atoms with Gasteiger partial charge in [0.05, 0.1) is 12.7 Å². The minimum atomic E-state index is 0.0237. The van der Waals surface area contributed by atoms with Gasteiger partial charge in [-0.3, -0.25) is 0 Å². The molecule has 2 N–H and O–H groups in total. The molecule has 0 amide bonds. The molecule has 0 heterocycles. The number of rotatable bonds is 11. The molecule has 0 fully saturated rings. The van der Waals surface area contributed by atoms with Crippen molar-refractivity contribution < 1.29 is 9.47 Å². The van der Waals surface area contributed by atoms with Crippen LogP contribution >= 0.6 is 0 Å². The highest BCUT2D eigenvalue weighted by Gasteiger charge is 2.18. The second kappa shape index (κ2) is 10.6. The molecule has 126 valence electrons. The first-order chi connectivity index (χ1) is 10.7. The number of benzene rings is 1. The molecule has 0 aliphatic rings. The van der Waals surface area contributed by atoms with Crippen molar-refractivity contribution in [3.63, 3.8) is 0 Å². The summed E-state index contributed by atoms with van der Waals surface area (Å²) in [5.74, 6) is 1.87. The van der Waals surface area contributed by atoms with E-state index in [4.69, 9.17) is 15.2 Å². The lowest BCUT2D eigenvalue weighted by molar-refractivity contribution is 0.0608. The molecule has 0 saturated carbocycles. The van der Waals surface area contributed by atoms with Gasteiger partial charge in [0.15, 0.2) is 0 Å². The molecule has 0 radical (unpaired) electrons. The van der Waals surface area contributed by atoms with Crippen LogP contribution in [0.25, 0.3) is 0 Å². The lowest BCUT2D eigenvalue weighted by Gasteiger charge is -2.22. The standard InChI is InChI=1S/C19H33NO2/c1-5-8-16(9-6-2)14-22-18-11-7-10-17(12-18)19(21-4)15(3)13-20/h7,10-12,15-16,19H,5-6,8-9,13-14,20H2,1-4H3/t15-,19-/m1/s1. The Bertz CT molecular complexity index is 402. The molecule has 1 aromatic carbocycles. The largest absolute Gasteiger partial charge is 0.493 e. The molecule has 22 heavy (non-hydrogen) atoms. The van der Waals surface area contributed by atoms with Gasteiger partial charge < -0.3 is 15.2 Å². The predicted molar refractivity (Wildman–Crippen MR) is 93.2 cm³/mol. The highest BCUT2D eigenvalue weighted by molar-refractivity contribution is 5.30. The van der Waals surface area contributed by atoms with Crippen molar-refractivity contribution in [1.29, 1.82) is 0 Å². The predicted octanol–water partition coefficient (Wildman–Crippen LogP) is 4.56. The zero-order valence-corrected chi connectivity index (χ0v) is 14.7. The van der Waals surface area contributed by atoms with E-state index in [1.807, 2.05) is 12.1 Å². The van der Waals surface area contributed by atoms with Gasteiger partial charge in [0.2, 0.25) is 0 Å². The summed E-state index contributed by atoms with van der Waals surface area (Å²) in [6, 6.07) is 8.24. The molecule has 0 aromatic heterocycles. The van der Waals surface area contributed by atoms with E-state index in [0.29, 0.717) is 12.5 Å². The molecule has 0 saturated heterocycles. The van der Waals surface area contributed by atoms with Crippen LogP contribution in [0.3, 0.4) is 0 Å². The van der Waals surface area contributed by atoms with E-state index in [1.165, 1.54) is 25.7 Å². The Morgan fingerprint density at radius 1 is 1.14 bits per heavy atom. The van der Waals surface area contributed by atoms with Gasteiger partial charge in [0.25, 0.3) is 0 Å². The summed E-state index contributed by atoms with van der Waals surface area (Å²) in [7, 11) is 1.74. The van der Waals surface area contributed by atoms with E-state index in [-0.39, 0.29) is 12.0 Å². The first kappa shape index (κ1) is 19.0. The van der Waals surface area contributed by atoms with Crippen LogP contribution in [-0.2, 0) is 4.74 Å². The summed E-state index contributed by atoms with van der Waals surface area (Å²) >= 11 is 0. The van der Waals surface area contributed by atoms with Gasteiger partial charge in [-0.2, -0.15) is 0 Å². The molecule has 3 heteroatoms. The van der Waals surface area contributed by atoms with E-state index in [0.717, 1.165) is 17.9 Å². The van der Waals surface area contributed by atoms with Gasteiger partial charge >= 0.3 is 0 Å². The number of hydrogen-bond acceptors (Lipinski definition) is 3. The smallest absolute Gasteiger partial charge is 0.119 e. The molecule has 3 nitrogen and oxygen atoms in total. The molecular weight excluding hydrogens is 274 g/mol. The molecule has 2 atom stereocenters. The summed E-state index contributed by atoms with van der Waals surface area (Å²) in [5, 5.41) is 0. The van der Waals surface area contributed by atoms with E-state index in [1.54, 1.807) is 7.11 Å². The first-order valence-electron chi connectivity index (χ1n) is 8.61. The molecular formula is C19H33NO2. The molecule has 0 unspecified atom stereocenters. The Kier molecular flexibility index (Phi) is 9.17. The highest BCUT2D eigenvalue weighted by Crippen LogP contribution is 2.28. The third-order valence-electron chi connectivity index (χ3n) is 4.21. The maximum Gasteiger partial charge on any atom is 0.119 e. The Morgan fingerprint density at radius 2 is 1.82 bits per heavy atom. The fourth-order valence-corrected chi connectivity index (χ4v) is 2.94. The Balaban J connectivity index is 2.70. The zero-order chi connectivity index (χ0) is 16.4. The third kappa shape index (κ3) is 5.98. The van der Waals surface area contributed by atoms with Crippen LogP contribution in [0.15, 0.2) is 24.3 Å². The number of hydrogen-bond donors (Lipinski definition) is 1. The van der Waals surface area contributed by atoms with Crippen molar-refractivity contribution in [1.82, 2.24) is 0 Å². The maximum atomic E-state index is 6.04. The second-order valence-electron chi connectivity index (χ2n) is 6.20. The highest BCUT2D eigenvalue weighted by atomic mass is 16.5. The fraction of sp³-hybridized carbons (Fsp3) is 0.684. The van der Waals surface area contributed by atoms with Gasteiger partial charge in [0, 0.05) is 7.11 Å². The summed E-state index contributed by atoms with van der Waals surface area (Å²) in [6.45, 7) is 8.00. The van der Waals surface area contributed by atoms with E-state index in [9.17, 15) is 0 Å². The minimum Gasteiger partial charge on any atom is -0.493 e. The van der Waals surface area contributed by atoms with Crippen LogP contribution in [0.5, 0.6) is 5.75 Å². The maximum absolute atomic E-state index is 6.04. The SMILES string of the molecule is CCCC(CCC)COc1cccc([C@H](OC)[C@H](C)CN)c1. The molecule has 0 spiro atoms. The summed E-state index contributed by atoms with van der Waals surface area (Å²) in [4.78, 5) is 0. The molecule has 1 aromatic rings. The van der Waals surface area contributed by atoms with Gasteiger partial charge in [-0.15, -0.1) is 0 Å². The average molecular weight is 307 g/mol. The normalized spacial score (nSPS) is 14.1. The summed E-state index contributed by atoms with van der Waals surface area (Å²) < 4.78 is 11.6. The quantitative estimate of drug-likeness (QED) is 0.651. The van der Waals surface area contributed by atoms with Crippen LogP contribution < -0.4 is 10.5 Å². The Labute approximate surface area is 136 Å². The molecule has 1 rings (SSSR count). The summed E-state index contributed by atoms with van der Waals surface area (Å²) in [5.41, 5.74) is 6.92. The topological polar surface area (TPSA) is 44.5 Å². The van der Waals surface area contributed by atoms with Crippen LogP contribution in [0.2, 0.25) is 0 Å². The van der Waals surface area contributed by atoms with E-state index < -0.39 is 0 Å².